The molecular formula is C23H24N2O4S. The molecule has 30 heavy (non-hydrogen) atoms. The summed E-state index contributed by atoms with van der Waals surface area (Å²) in [4.78, 5) is 16.6. The predicted molar refractivity (Wildman–Crippen MR) is 115 cm³/mol. The minimum absolute atomic E-state index is 0.0340. The molecule has 3 aromatic rings. The molecule has 1 heterocycles. The van der Waals surface area contributed by atoms with Crippen LogP contribution in [0.3, 0.4) is 0 Å². The number of sulfone groups is 1. The van der Waals surface area contributed by atoms with E-state index in [2.05, 4.69) is 10.3 Å². The van der Waals surface area contributed by atoms with Gasteiger partial charge in [0.15, 0.2) is 9.84 Å². The van der Waals surface area contributed by atoms with Crippen molar-refractivity contribution in [3.8, 4) is 5.75 Å². The van der Waals surface area contributed by atoms with Crippen molar-refractivity contribution in [2.24, 2.45) is 0 Å². The molecule has 0 aliphatic carbocycles. The van der Waals surface area contributed by atoms with Crippen molar-refractivity contribution in [2.75, 3.05) is 13.7 Å². The molecule has 7 heteroatoms. The van der Waals surface area contributed by atoms with Crippen LogP contribution < -0.4 is 10.1 Å². The lowest BCUT2D eigenvalue weighted by atomic mass is 10.1. The van der Waals surface area contributed by atoms with E-state index >= 15 is 0 Å². The van der Waals surface area contributed by atoms with Gasteiger partial charge in [-0.05, 0) is 47.9 Å². The number of amides is 1. The van der Waals surface area contributed by atoms with E-state index in [0.29, 0.717) is 17.7 Å². The number of pyridine rings is 1. The first-order valence-corrected chi connectivity index (χ1v) is 11.1. The highest BCUT2D eigenvalue weighted by Gasteiger charge is 2.30. The fraction of sp³-hybridized carbons (Fsp3) is 0.217. The number of hydrogen-bond acceptors (Lipinski definition) is 5. The zero-order chi connectivity index (χ0) is 21.4. The van der Waals surface area contributed by atoms with Crippen molar-refractivity contribution in [3.63, 3.8) is 0 Å². The van der Waals surface area contributed by atoms with Gasteiger partial charge in [0.25, 0.3) is 0 Å². The van der Waals surface area contributed by atoms with Crippen molar-refractivity contribution in [1.82, 2.24) is 10.3 Å². The maximum atomic E-state index is 13.3. The summed E-state index contributed by atoms with van der Waals surface area (Å²) in [5.74, 6) is 0.374. The Kier molecular flexibility index (Phi) is 7.19. The third-order valence-corrected chi connectivity index (χ3v) is 6.90. The van der Waals surface area contributed by atoms with Crippen LogP contribution in [0.15, 0.2) is 84.0 Å². The average Bonchev–Trinajstić information content (AvgIpc) is 2.79. The van der Waals surface area contributed by atoms with Crippen molar-refractivity contribution in [3.05, 3.63) is 90.3 Å². The highest BCUT2D eigenvalue weighted by Crippen LogP contribution is 2.29. The smallest absolute Gasteiger partial charge is 0.220 e. The highest BCUT2D eigenvalue weighted by atomic mass is 32.2. The third kappa shape index (κ3) is 5.45. The molecule has 0 saturated heterocycles. The summed E-state index contributed by atoms with van der Waals surface area (Å²) in [6, 6.07) is 19.3. The van der Waals surface area contributed by atoms with Gasteiger partial charge in [0.1, 0.15) is 11.0 Å². The SMILES string of the molecule is COc1ccc(S(=O)(=O)[C@H](CNC(=O)CCc2ccccc2)c2cccnc2)cc1. The number of hydrogen-bond donors (Lipinski definition) is 1. The summed E-state index contributed by atoms with van der Waals surface area (Å²) < 4.78 is 31.7. The number of methoxy groups -OCH3 is 1. The first-order valence-electron chi connectivity index (χ1n) is 9.59. The summed E-state index contributed by atoms with van der Waals surface area (Å²) in [5, 5.41) is 1.84. The fourth-order valence-corrected chi connectivity index (χ4v) is 4.74. The minimum Gasteiger partial charge on any atom is -0.497 e. The Morgan fingerprint density at radius 1 is 1.03 bits per heavy atom. The van der Waals surface area contributed by atoms with Crippen molar-refractivity contribution in [2.45, 2.75) is 23.0 Å². The minimum atomic E-state index is -3.75. The third-order valence-electron chi connectivity index (χ3n) is 4.79. The molecule has 1 aromatic heterocycles. The lowest BCUT2D eigenvalue weighted by Gasteiger charge is -2.19. The second-order valence-electron chi connectivity index (χ2n) is 6.79. The molecule has 156 valence electrons. The van der Waals surface area contributed by atoms with Crippen LogP contribution >= 0.6 is 0 Å². The Labute approximate surface area is 176 Å². The van der Waals surface area contributed by atoms with Crippen LogP contribution in [0.1, 0.15) is 22.8 Å². The summed E-state index contributed by atoms with van der Waals surface area (Å²) in [7, 11) is -2.23. The van der Waals surface area contributed by atoms with Gasteiger partial charge in [-0.15, -0.1) is 0 Å². The topological polar surface area (TPSA) is 85.4 Å². The molecule has 0 bridgehead atoms. The number of nitrogens with zero attached hydrogens (tertiary/aromatic N) is 1. The number of benzene rings is 2. The molecule has 1 N–H and O–H groups in total. The summed E-state index contributed by atoms with van der Waals surface area (Å²) >= 11 is 0. The van der Waals surface area contributed by atoms with Gasteiger partial charge in [0.05, 0.1) is 12.0 Å². The molecule has 0 saturated carbocycles. The molecule has 0 unspecified atom stereocenters. The van der Waals surface area contributed by atoms with Gasteiger partial charge in [-0.3, -0.25) is 9.78 Å². The van der Waals surface area contributed by atoms with E-state index in [4.69, 9.17) is 4.74 Å². The molecule has 6 nitrogen and oxygen atoms in total. The van der Waals surface area contributed by atoms with Gasteiger partial charge in [-0.25, -0.2) is 8.42 Å². The monoisotopic (exact) mass is 424 g/mol. The number of carbonyl (C=O) groups excluding carboxylic acids is 1. The van der Waals surface area contributed by atoms with E-state index in [1.165, 1.54) is 25.4 Å². The molecule has 1 amide bonds. The average molecular weight is 425 g/mol. The van der Waals surface area contributed by atoms with Gasteiger partial charge < -0.3 is 10.1 Å². The number of aryl methyl sites for hydroxylation is 1. The van der Waals surface area contributed by atoms with E-state index < -0.39 is 15.1 Å². The molecule has 2 aromatic carbocycles. The van der Waals surface area contributed by atoms with E-state index in [-0.39, 0.29) is 23.8 Å². The van der Waals surface area contributed by atoms with Crippen LogP contribution in [-0.4, -0.2) is 33.0 Å². The van der Waals surface area contributed by atoms with Crippen LogP contribution in [-0.2, 0) is 21.1 Å². The van der Waals surface area contributed by atoms with E-state index in [1.807, 2.05) is 30.3 Å². The van der Waals surface area contributed by atoms with E-state index in [9.17, 15) is 13.2 Å². The Hall–Kier alpha value is -3.19. The first kappa shape index (κ1) is 21.5. The maximum absolute atomic E-state index is 13.3. The summed E-state index contributed by atoms with van der Waals surface area (Å²) in [5.41, 5.74) is 1.58. The Bertz CT molecular complexity index is 1050. The van der Waals surface area contributed by atoms with E-state index in [0.717, 1.165) is 5.56 Å². The number of ether oxygens (including phenoxy) is 1. The van der Waals surface area contributed by atoms with Crippen LogP contribution in [0.2, 0.25) is 0 Å². The largest absolute Gasteiger partial charge is 0.497 e. The van der Waals surface area contributed by atoms with Gasteiger partial charge in [-0.1, -0.05) is 36.4 Å². The highest BCUT2D eigenvalue weighted by molar-refractivity contribution is 7.91. The summed E-state index contributed by atoms with van der Waals surface area (Å²) in [6.07, 6.45) is 3.97. The van der Waals surface area contributed by atoms with E-state index in [1.54, 1.807) is 30.5 Å². The number of nitrogens with one attached hydrogen (secondary N) is 1. The van der Waals surface area contributed by atoms with Crippen LogP contribution in [0, 0.1) is 0 Å². The lowest BCUT2D eigenvalue weighted by molar-refractivity contribution is -0.121. The Morgan fingerprint density at radius 2 is 1.77 bits per heavy atom. The van der Waals surface area contributed by atoms with Gasteiger partial charge >= 0.3 is 0 Å². The quantitative estimate of drug-likeness (QED) is 0.569. The van der Waals surface area contributed by atoms with Gasteiger partial charge in [-0.2, -0.15) is 0 Å². The Balaban J connectivity index is 1.75. The first-order chi connectivity index (χ1) is 14.5. The van der Waals surface area contributed by atoms with Crippen LogP contribution in [0.5, 0.6) is 5.75 Å². The van der Waals surface area contributed by atoms with Crippen LogP contribution in [0.4, 0.5) is 0 Å². The lowest BCUT2D eigenvalue weighted by Crippen LogP contribution is -2.32. The molecule has 1 atom stereocenters. The molecule has 3 rings (SSSR count). The molecule has 0 fully saturated rings. The second kappa shape index (κ2) is 10.0. The molecule has 0 spiro atoms. The second-order valence-corrected chi connectivity index (χ2v) is 8.92. The standard InChI is InChI=1S/C23H24N2O4S/c1-29-20-10-12-21(13-11-20)30(27,28)22(19-8-5-15-24-16-19)17-25-23(26)14-9-18-6-3-2-4-7-18/h2-8,10-13,15-16,22H,9,14,17H2,1H3,(H,25,26)/t22-/m1/s1. The van der Waals surface area contributed by atoms with Crippen molar-refractivity contribution >= 4 is 15.7 Å². The van der Waals surface area contributed by atoms with Crippen LogP contribution in [0.25, 0.3) is 0 Å². The van der Waals surface area contributed by atoms with Crippen molar-refractivity contribution in [1.29, 1.82) is 0 Å². The molecule has 0 aliphatic heterocycles. The van der Waals surface area contributed by atoms with Crippen molar-refractivity contribution < 1.29 is 17.9 Å². The number of aromatic nitrogens is 1. The van der Waals surface area contributed by atoms with Gasteiger partial charge in [0.2, 0.25) is 5.91 Å². The predicted octanol–water partition coefficient (Wildman–Crippen LogP) is 3.35. The van der Waals surface area contributed by atoms with Gasteiger partial charge in [0, 0.05) is 25.4 Å². The zero-order valence-corrected chi connectivity index (χ0v) is 17.5. The summed E-state index contributed by atoms with van der Waals surface area (Å²) in [6.45, 7) is -0.0340. The molecule has 0 aliphatic rings. The zero-order valence-electron chi connectivity index (χ0n) is 16.7. The molecular weight excluding hydrogens is 400 g/mol. The Morgan fingerprint density at radius 3 is 2.40 bits per heavy atom. The molecule has 0 radical (unpaired) electrons. The fourth-order valence-electron chi connectivity index (χ4n) is 3.10. The normalized spacial score (nSPS) is 12.2. The number of rotatable bonds is 9. The number of carbonyl (C=O) groups is 1. The maximum Gasteiger partial charge on any atom is 0.220 e.